The van der Waals surface area contributed by atoms with Crippen molar-refractivity contribution in [3.8, 4) is 0 Å². The van der Waals surface area contributed by atoms with Crippen LogP contribution >= 0.6 is 0 Å². The number of allylic oxidation sites excluding steroid dienone is 6. The Morgan fingerprint density at radius 3 is 1.47 bits per heavy atom. The number of rotatable bonds is 38. The maximum atomic E-state index is 12.8. The van der Waals surface area contributed by atoms with Crippen LogP contribution in [0.15, 0.2) is 104 Å². The molecule has 0 aliphatic carbocycles. The van der Waals surface area contributed by atoms with Crippen molar-refractivity contribution in [2.75, 3.05) is 125 Å². The number of anilines is 1. The monoisotopic (exact) mass is 1270 g/mol. The van der Waals surface area contributed by atoms with Gasteiger partial charge in [-0.25, -0.2) is 33.7 Å². The summed E-state index contributed by atoms with van der Waals surface area (Å²) in [6.07, 6.45) is 10.4. The summed E-state index contributed by atoms with van der Waals surface area (Å²) in [4.78, 5) is 9.80. The number of aliphatic carboxylic acids is 1. The Kier molecular flexibility index (Phi) is 24.9. The number of carboxylic acid groups (broad SMARTS) is 1. The van der Waals surface area contributed by atoms with E-state index in [2.05, 4.69) is 0 Å². The highest BCUT2D eigenvalue weighted by atomic mass is 32.2. The molecule has 2 aliphatic heterocycles. The molecule has 4 aromatic carbocycles. The number of hydrogen-bond acceptors (Lipinski definition) is 22. The molecule has 2 heterocycles. The predicted molar refractivity (Wildman–Crippen MR) is 308 cm³/mol. The van der Waals surface area contributed by atoms with E-state index in [1.807, 2.05) is 36.3 Å². The number of unbranched alkanes of at least 4 members (excludes halogenated alkanes) is 2. The Labute approximate surface area is 497 Å². The second kappa shape index (κ2) is 30.7. The zero-order valence-corrected chi connectivity index (χ0v) is 51.4. The number of methoxy groups -OCH3 is 2. The van der Waals surface area contributed by atoms with E-state index in [-0.39, 0.29) is 93.6 Å². The van der Waals surface area contributed by atoms with E-state index in [1.165, 1.54) is 12.1 Å². The van der Waals surface area contributed by atoms with Gasteiger partial charge in [-0.3, -0.25) is 4.79 Å². The fourth-order valence-corrected chi connectivity index (χ4v) is 13.4. The van der Waals surface area contributed by atoms with Crippen molar-refractivity contribution in [2.24, 2.45) is 0 Å². The second-order valence-corrected chi connectivity index (χ2v) is 25.8. The summed E-state index contributed by atoms with van der Waals surface area (Å²) in [6.45, 7) is 10.0. The van der Waals surface area contributed by atoms with Gasteiger partial charge in [0.15, 0.2) is 5.71 Å². The lowest BCUT2D eigenvalue weighted by Crippen LogP contribution is -2.33. The third kappa shape index (κ3) is 17.6. The van der Waals surface area contributed by atoms with Gasteiger partial charge in [0.1, 0.15) is 47.0 Å². The predicted octanol–water partition coefficient (Wildman–Crippen LogP) is 5.58. The molecular weight excluding hydrogens is 1190 g/mol. The van der Waals surface area contributed by atoms with Crippen molar-refractivity contribution in [1.29, 1.82) is 0 Å². The number of hydrogen-bond donors (Lipinski definition) is 1. The first-order valence-corrected chi connectivity index (χ1v) is 33.1. The molecule has 0 fully saturated rings. The van der Waals surface area contributed by atoms with E-state index in [0.717, 1.165) is 12.1 Å². The molecule has 4 aromatic rings. The van der Waals surface area contributed by atoms with E-state index in [0.29, 0.717) is 118 Å². The highest BCUT2D eigenvalue weighted by molar-refractivity contribution is 7.87. The molecule has 85 heavy (non-hydrogen) atoms. The molecule has 2 atom stereocenters. The lowest BCUT2D eigenvalue weighted by molar-refractivity contribution is -0.438. The maximum absolute atomic E-state index is 12.8. The van der Waals surface area contributed by atoms with Crippen LogP contribution in [0.5, 0.6) is 0 Å². The molecule has 1 N–H and O–H groups in total. The van der Waals surface area contributed by atoms with Crippen molar-refractivity contribution in [3.63, 3.8) is 0 Å². The molecular formula is C57H73N2O22S4-3. The fourth-order valence-electron chi connectivity index (χ4n) is 10.8. The molecule has 0 saturated heterocycles. The lowest BCUT2D eigenvalue weighted by atomic mass is 9.75. The number of carboxylic acids is 1. The highest BCUT2D eigenvalue weighted by Crippen LogP contribution is 2.54. The summed E-state index contributed by atoms with van der Waals surface area (Å²) < 4.78 is 199. The molecule has 24 nitrogen and oxygen atoms in total. The van der Waals surface area contributed by atoms with Crippen molar-refractivity contribution >= 4 is 85.1 Å². The van der Waals surface area contributed by atoms with Crippen LogP contribution in [0.3, 0.4) is 0 Å². The van der Waals surface area contributed by atoms with Gasteiger partial charge in [0.25, 0.3) is 0 Å². The summed E-state index contributed by atoms with van der Waals surface area (Å²) in [6, 6.07) is 9.31. The summed E-state index contributed by atoms with van der Waals surface area (Å²) >= 11 is 0. The van der Waals surface area contributed by atoms with E-state index in [9.17, 15) is 61.8 Å². The number of ether oxygens (including phenoxy) is 8. The molecule has 0 aromatic heterocycles. The van der Waals surface area contributed by atoms with Gasteiger partial charge in [-0.15, -0.1) is 0 Å². The maximum Gasteiger partial charge on any atom is 0.303 e. The Morgan fingerprint density at radius 2 is 1.01 bits per heavy atom. The summed E-state index contributed by atoms with van der Waals surface area (Å²) in [5, 5.41) is 9.27. The zero-order chi connectivity index (χ0) is 62.2. The smallest absolute Gasteiger partial charge is 0.303 e. The third-order valence-corrected chi connectivity index (χ3v) is 18.2. The first-order valence-electron chi connectivity index (χ1n) is 27.4. The topological polar surface area (TPSA) is 346 Å². The van der Waals surface area contributed by atoms with Crippen LogP contribution in [0.1, 0.15) is 70.4 Å². The molecule has 470 valence electrons. The van der Waals surface area contributed by atoms with Crippen LogP contribution in [0, 0.1) is 0 Å². The lowest BCUT2D eigenvalue weighted by Gasteiger charge is -2.30. The van der Waals surface area contributed by atoms with E-state index in [1.54, 1.807) is 50.7 Å². The molecule has 0 spiro atoms. The number of likely N-dealkylation sites (N-methyl/N-ethyl adjacent to an activating group) is 1. The first kappa shape index (κ1) is 69.0. The van der Waals surface area contributed by atoms with E-state index in [4.69, 9.17) is 37.9 Å². The van der Waals surface area contributed by atoms with Gasteiger partial charge in [0, 0.05) is 86.7 Å². The number of fused-ring (bicyclic) bond motifs is 6. The quantitative estimate of drug-likeness (QED) is 0.0248. The minimum Gasteiger partial charge on any atom is -0.744 e. The van der Waals surface area contributed by atoms with Crippen LogP contribution in [0.4, 0.5) is 11.4 Å². The van der Waals surface area contributed by atoms with Gasteiger partial charge in [-0.1, -0.05) is 24.3 Å². The molecule has 2 unspecified atom stereocenters. The van der Waals surface area contributed by atoms with Crippen LogP contribution in [-0.2, 0) is 94.0 Å². The van der Waals surface area contributed by atoms with Crippen molar-refractivity contribution in [2.45, 2.75) is 89.7 Å². The Bertz CT molecular complexity index is 3600. The largest absolute Gasteiger partial charge is 0.744 e. The highest BCUT2D eigenvalue weighted by Gasteiger charge is 2.49. The van der Waals surface area contributed by atoms with Gasteiger partial charge in [0.05, 0.1) is 104 Å². The normalized spacial score (nSPS) is 18.1. The molecule has 0 bridgehead atoms. The SMILES string of the molecule is CCN1/C(=C/C=C/C=C/C2=[N+](CCCCCC(=O)O)c3ccc4c(S(=O)(=O)[O-])cc(S(=O)(=O)[O-])cc4c3C2(C)CCOCCOCCOCCOC)C(C)(CCOCCOCCOCCOC)c2c1ccc1c(S(=O)(=O)[O-])cc(S(=O)(=O)[O-])cc21. The minimum absolute atomic E-state index is 0.0229. The van der Waals surface area contributed by atoms with Gasteiger partial charge < -0.3 is 66.1 Å². The first-order chi connectivity index (χ1) is 40.2. The van der Waals surface area contributed by atoms with Gasteiger partial charge in [-0.05, 0) is 111 Å². The van der Waals surface area contributed by atoms with Crippen LogP contribution in [0.2, 0.25) is 0 Å². The Hall–Kier alpha value is -5.12. The average Bonchev–Trinajstić information content (AvgIpc) is 1.71. The summed E-state index contributed by atoms with van der Waals surface area (Å²) in [7, 11) is -18.2. The molecule has 0 saturated carbocycles. The third-order valence-electron chi connectivity index (χ3n) is 14.8. The van der Waals surface area contributed by atoms with Gasteiger partial charge in [-0.2, -0.15) is 4.58 Å². The Morgan fingerprint density at radius 1 is 0.553 bits per heavy atom. The zero-order valence-electron chi connectivity index (χ0n) is 48.1. The minimum atomic E-state index is -5.36. The Balaban J connectivity index is 1.44. The summed E-state index contributed by atoms with van der Waals surface area (Å²) in [5.74, 6) is -0.965. The van der Waals surface area contributed by atoms with Gasteiger partial charge >= 0.3 is 5.97 Å². The molecule has 28 heteroatoms. The average molecular weight is 1270 g/mol. The van der Waals surface area contributed by atoms with Gasteiger partial charge in [0.2, 0.25) is 5.69 Å². The fraction of sp³-hybridized carbons (Fsp3) is 0.509. The number of benzene rings is 4. The van der Waals surface area contributed by atoms with E-state index < -0.39 is 76.9 Å². The van der Waals surface area contributed by atoms with Crippen LogP contribution in [-0.4, -0.2) is 193 Å². The number of nitrogens with zero attached hydrogens (tertiary/aromatic N) is 2. The van der Waals surface area contributed by atoms with E-state index >= 15 is 0 Å². The van der Waals surface area contributed by atoms with Crippen molar-refractivity contribution in [3.05, 3.63) is 95.7 Å². The summed E-state index contributed by atoms with van der Waals surface area (Å²) in [5.41, 5.74) is 0.840. The molecule has 0 radical (unpaired) electrons. The molecule has 6 rings (SSSR count). The van der Waals surface area contributed by atoms with Crippen molar-refractivity contribution in [1.82, 2.24) is 0 Å². The molecule has 2 aliphatic rings. The standard InChI is InChI=1S/C57H76N2O22S4/c1-6-58-47-18-16-43-45(37-41(82(62,63)64)39-49(43)84(68,69)70)54(47)56(2,20-23-76-29-31-80-35-33-78-27-25-74-4)51(58)13-9-7-10-14-52-57(3,21-24-77-30-32-81-36-34-79-28-26-75-5)55-46-38-42(83(65,66)67)40-50(85(71,72)73)44(46)17-19-48(55)59(52)22-12-8-11-15-53(60)61/h7,9-10,13-14,16-19,37-40H,6,8,11-12,15,20-36H2,1-5H3,(H4-,60,61,62,63,64,65,66,67,68,69,70,71,72,73)/p-3. The number of carbonyl (C=O) groups is 1. The second-order valence-electron chi connectivity index (χ2n) is 20.4. The van der Waals surface area contributed by atoms with Crippen LogP contribution in [0.25, 0.3) is 21.5 Å². The molecule has 0 amide bonds. The van der Waals surface area contributed by atoms with Crippen molar-refractivity contribution < 1.29 is 104 Å². The van der Waals surface area contributed by atoms with Crippen LogP contribution < -0.4 is 4.90 Å².